The summed E-state index contributed by atoms with van der Waals surface area (Å²) in [6, 6.07) is 7.59. The lowest BCUT2D eigenvalue weighted by Crippen LogP contribution is -2.46. The maximum atomic E-state index is 12.5. The molecule has 6 heteroatoms. The van der Waals surface area contributed by atoms with Crippen molar-refractivity contribution in [2.45, 2.75) is 12.5 Å². The summed E-state index contributed by atoms with van der Waals surface area (Å²) in [6.45, 7) is 1.18. The molecule has 1 atom stereocenters. The summed E-state index contributed by atoms with van der Waals surface area (Å²) < 4.78 is 7.28. The minimum Gasteiger partial charge on any atom is -0.481 e. The second kappa shape index (κ2) is 5.57. The van der Waals surface area contributed by atoms with Crippen LogP contribution in [0.15, 0.2) is 36.7 Å². The van der Waals surface area contributed by atoms with E-state index in [0.29, 0.717) is 25.3 Å². The average molecular weight is 288 g/mol. The van der Waals surface area contributed by atoms with Gasteiger partial charge in [0.25, 0.3) is 5.91 Å². The molecule has 0 bridgehead atoms. The van der Waals surface area contributed by atoms with Crippen LogP contribution in [0.4, 0.5) is 0 Å². The van der Waals surface area contributed by atoms with E-state index in [9.17, 15) is 9.59 Å². The summed E-state index contributed by atoms with van der Waals surface area (Å²) in [5.41, 5.74) is 1.56. The van der Waals surface area contributed by atoms with Gasteiger partial charge in [0.2, 0.25) is 0 Å². The molecule has 0 aromatic carbocycles. The van der Waals surface area contributed by atoms with Gasteiger partial charge in [-0.2, -0.15) is 0 Å². The number of nitrogens with zero attached hydrogens (tertiary/aromatic N) is 2. The molecule has 1 unspecified atom stereocenters. The third-order valence-electron chi connectivity index (χ3n) is 3.58. The Morgan fingerprint density at radius 2 is 2.24 bits per heavy atom. The third kappa shape index (κ3) is 2.90. The van der Waals surface area contributed by atoms with Gasteiger partial charge in [0.1, 0.15) is 0 Å². The molecule has 1 amide bonds. The van der Waals surface area contributed by atoms with Crippen molar-refractivity contribution in [3.63, 3.8) is 0 Å². The molecule has 0 saturated carbocycles. The normalized spacial score (nSPS) is 18.9. The van der Waals surface area contributed by atoms with Gasteiger partial charge in [0.15, 0.2) is 0 Å². The lowest BCUT2D eigenvalue weighted by molar-refractivity contribution is -0.141. The molecule has 3 rings (SSSR count). The molecule has 21 heavy (non-hydrogen) atoms. The van der Waals surface area contributed by atoms with Crippen molar-refractivity contribution in [1.82, 2.24) is 9.30 Å². The van der Waals surface area contributed by atoms with Gasteiger partial charge in [-0.05, 0) is 18.2 Å². The molecule has 3 heterocycles. The fraction of sp³-hybridized carbons (Fsp3) is 0.333. The maximum absolute atomic E-state index is 12.5. The zero-order valence-electron chi connectivity index (χ0n) is 11.4. The van der Waals surface area contributed by atoms with Gasteiger partial charge < -0.3 is 19.1 Å². The summed E-state index contributed by atoms with van der Waals surface area (Å²) >= 11 is 0. The Labute approximate surface area is 121 Å². The molecule has 0 spiro atoms. The molecule has 1 fully saturated rings. The number of ether oxygens (including phenoxy) is 1. The zero-order valence-corrected chi connectivity index (χ0v) is 11.4. The maximum Gasteiger partial charge on any atom is 0.306 e. The highest BCUT2D eigenvalue weighted by molar-refractivity contribution is 5.95. The molecule has 1 aliphatic heterocycles. The van der Waals surface area contributed by atoms with Gasteiger partial charge in [-0.15, -0.1) is 0 Å². The van der Waals surface area contributed by atoms with Crippen molar-refractivity contribution in [1.29, 1.82) is 0 Å². The van der Waals surface area contributed by atoms with Gasteiger partial charge in [0.05, 0.1) is 24.7 Å². The number of aromatic nitrogens is 1. The van der Waals surface area contributed by atoms with Crippen LogP contribution in [0.25, 0.3) is 5.52 Å². The van der Waals surface area contributed by atoms with Crippen molar-refractivity contribution in [3.05, 3.63) is 42.2 Å². The highest BCUT2D eigenvalue weighted by Crippen LogP contribution is 2.15. The standard InChI is InChI=1S/C15H16N2O4/c18-14(19)8-13-10-17(5-6-21-13)15(20)11-7-12-3-1-2-4-16(12)9-11/h1-4,7,9,13H,5-6,8,10H2,(H,18,19). The van der Waals surface area contributed by atoms with E-state index in [-0.39, 0.29) is 12.3 Å². The van der Waals surface area contributed by atoms with Crippen LogP contribution in [0.1, 0.15) is 16.8 Å². The number of carbonyl (C=O) groups excluding carboxylic acids is 1. The van der Waals surface area contributed by atoms with Gasteiger partial charge >= 0.3 is 5.97 Å². The van der Waals surface area contributed by atoms with Crippen LogP contribution in [-0.2, 0) is 9.53 Å². The largest absolute Gasteiger partial charge is 0.481 e. The molecule has 1 saturated heterocycles. The number of morpholine rings is 1. The van der Waals surface area contributed by atoms with Crippen molar-refractivity contribution in [2.24, 2.45) is 0 Å². The Morgan fingerprint density at radius 1 is 1.38 bits per heavy atom. The second-order valence-electron chi connectivity index (χ2n) is 5.10. The minimum atomic E-state index is -0.913. The number of amides is 1. The molecular formula is C15H16N2O4. The van der Waals surface area contributed by atoms with Gasteiger partial charge in [-0.25, -0.2) is 0 Å². The predicted octanol–water partition coefficient (Wildman–Crippen LogP) is 1.26. The molecule has 0 radical (unpaired) electrons. The summed E-state index contributed by atoms with van der Waals surface area (Å²) in [7, 11) is 0. The van der Waals surface area contributed by atoms with Crippen LogP contribution < -0.4 is 0 Å². The Balaban J connectivity index is 1.76. The lowest BCUT2D eigenvalue weighted by atomic mass is 10.2. The van der Waals surface area contributed by atoms with Gasteiger partial charge in [0, 0.05) is 31.0 Å². The van der Waals surface area contributed by atoms with Crippen LogP contribution in [0, 0.1) is 0 Å². The van der Waals surface area contributed by atoms with E-state index in [0.717, 1.165) is 5.52 Å². The third-order valence-corrected chi connectivity index (χ3v) is 3.58. The SMILES string of the molecule is O=C(O)CC1CN(C(=O)c2cc3ccccn3c2)CCO1. The number of rotatable bonds is 3. The van der Waals surface area contributed by atoms with Gasteiger partial charge in [-0.3, -0.25) is 9.59 Å². The fourth-order valence-corrected chi connectivity index (χ4v) is 2.58. The number of carbonyl (C=O) groups is 2. The topological polar surface area (TPSA) is 71.2 Å². The summed E-state index contributed by atoms with van der Waals surface area (Å²) in [5, 5.41) is 8.82. The van der Waals surface area contributed by atoms with E-state index < -0.39 is 12.1 Å². The average Bonchev–Trinajstić information content (AvgIpc) is 2.90. The van der Waals surface area contributed by atoms with E-state index in [2.05, 4.69) is 0 Å². The van der Waals surface area contributed by atoms with Crippen LogP contribution >= 0.6 is 0 Å². The molecule has 1 aliphatic rings. The van der Waals surface area contributed by atoms with E-state index in [1.54, 1.807) is 11.1 Å². The van der Waals surface area contributed by atoms with Crippen molar-refractivity contribution < 1.29 is 19.4 Å². The molecular weight excluding hydrogens is 272 g/mol. The molecule has 6 nitrogen and oxygen atoms in total. The number of carboxylic acid groups (broad SMARTS) is 1. The number of fused-ring (bicyclic) bond motifs is 1. The highest BCUT2D eigenvalue weighted by Gasteiger charge is 2.27. The van der Waals surface area contributed by atoms with E-state index in [1.165, 1.54) is 0 Å². The summed E-state index contributed by atoms with van der Waals surface area (Å²) in [5.74, 6) is -0.999. The first-order chi connectivity index (χ1) is 10.1. The van der Waals surface area contributed by atoms with Crippen LogP contribution in [-0.4, -0.2) is 52.1 Å². The Kier molecular flexibility index (Phi) is 3.62. The van der Waals surface area contributed by atoms with Crippen molar-refractivity contribution in [2.75, 3.05) is 19.7 Å². The zero-order chi connectivity index (χ0) is 14.8. The molecule has 110 valence electrons. The first-order valence-electron chi connectivity index (χ1n) is 6.83. The number of aliphatic carboxylic acids is 1. The van der Waals surface area contributed by atoms with E-state index in [4.69, 9.17) is 9.84 Å². The quantitative estimate of drug-likeness (QED) is 0.923. The number of pyridine rings is 1. The lowest BCUT2D eigenvalue weighted by Gasteiger charge is -2.32. The predicted molar refractivity (Wildman–Crippen MR) is 75.3 cm³/mol. The summed E-state index contributed by atoms with van der Waals surface area (Å²) in [4.78, 5) is 24.9. The van der Waals surface area contributed by atoms with Crippen LogP contribution in [0.3, 0.4) is 0 Å². The fourth-order valence-electron chi connectivity index (χ4n) is 2.58. The number of hydrogen-bond donors (Lipinski definition) is 1. The minimum absolute atomic E-state index is 0.0818. The van der Waals surface area contributed by atoms with Gasteiger partial charge in [-0.1, -0.05) is 6.07 Å². The van der Waals surface area contributed by atoms with E-state index >= 15 is 0 Å². The molecule has 1 N–H and O–H groups in total. The van der Waals surface area contributed by atoms with Crippen molar-refractivity contribution in [3.8, 4) is 0 Å². The van der Waals surface area contributed by atoms with Crippen LogP contribution in [0.5, 0.6) is 0 Å². The molecule has 2 aromatic heterocycles. The highest BCUT2D eigenvalue weighted by atomic mass is 16.5. The molecule has 0 aliphatic carbocycles. The summed E-state index contributed by atoms with van der Waals surface area (Å²) in [6.07, 6.45) is 3.16. The first-order valence-corrected chi connectivity index (χ1v) is 6.83. The van der Waals surface area contributed by atoms with E-state index in [1.807, 2.05) is 34.9 Å². The molecule has 2 aromatic rings. The Hall–Kier alpha value is -2.34. The second-order valence-corrected chi connectivity index (χ2v) is 5.10. The first kappa shape index (κ1) is 13.6. The van der Waals surface area contributed by atoms with Crippen LogP contribution in [0.2, 0.25) is 0 Å². The number of carboxylic acids is 1. The monoisotopic (exact) mass is 288 g/mol. The smallest absolute Gasteiger partial charge is 0.306 e. The van der Waals surface area contributed by atoms with Crippen molar-refractivity contribution >= 4 is 17.4 Å². The Morgan fingerprint density at radius 3 is 3.00 bits per heavy atom. The number of hydrogen-bond acceptors (Lipinski definition) is 3. The Bertz CT molecular complexity index is 646.